The molecule has 0 amide bonds. The van der Waals surface area contributed by atoms with Gasteiger partial charge in [0, 0.05) is 37.3 Å². The number of rotatable bonds is 3. The van der Waals surface area contributed by atoms with Crippen molar-refractivity contribution in [2.45, 2.75) is 25.4 Å². The van der Waals surface area contributed by atoms with Crippen molar-refractivity contribution in [1.29, 1.82) is 0 Å². The zero-order chi connectivity index (χ0) is 13.2. The van der Waals surface area contributed by atoms with Crippen LogP contribution < -0.4 is 10.1 Å². The summed E-state index contributed by atoms with van der Waals surface area (Å²) in [4.78, 5) is 0. The van der Waals surface area contributed by atoms with Crippen LogP contribution in [0.5, 0.6) is 5.75 Å². The zero-order valence-electron chi connectivity index (χ0n) is 11.3. The van der Waals surface area contributed by atoms with E-state index in [0.717, 1.165) is 18.8 Å². The molecule has 0 saturated carbocycles. The Labute approximate surface area is 113 Å². The molecule has 0 fully saturated rings. The normalized spacial score (nSPS) is 19.6. The molecule has 2 heterocycles. The summed E-state index contributed by atoms with van der Waals surface area (Å²) in [7, 11) is 1.98. The monoisotopic (exact) mass is 257 g/mol. The fourth-order valence-corrected chi connectivity index (χ4v) is 2.71. The number of fused-ring (bicyclic) bond motifs is 1. The molecule has 1 aliphatic heterocycles. The minimum atomic E-state index is 0.267. The van der Waals surface area contributed by atoms with Crippen LogP contribution >= 0.6 is 0 Å². The third-order valence-electron chi connectivity index (χ3n) is 3.71. The van der Waals surface area contributed by atoms with E-state index in [0.29, 0.717) is 6.04 Å². The number of aromatic nitrogens is 2. The number of benzene rings is 1. The molecule has 0 radical (unpaired) electrons. The van der Waals surface area contributed by atoms with Crippen LogP contribution in [0.1, 0.15) is 36.7 Å². The van der Waals surface area contributed by atoms with Crippen molar-refractivity contribution < 1.29 is 4.74 Å². The Kier molecular flexibility index (Phi) is 3.25. The van der Waals surface area contributed by atoms with Crippen LogP contribution in [0.15, 0.2) is 36.5 Å². The van der Waals surface area contributed by atoms with Gasteiger partial charge in [-0.1, -0.05) is 18.2 Å². The third kappa shape index (κ3) is 2.36. The summed E-state index contributed by atoms with van der Waals surface area (Å²) in [6.45, 7) is 2.95. The van der Waals surface area contributed by atoms with Crippen molar-refractivity contribution in [1.82, 2.24) is 15.1 Å². The first-order valence-electron chi connectivity index (χ1n) is 6.71. The topological polar surface area (TPSA) is 39.1 Å². The Morgan fingerprint density at radius 3 is 3.00 bits per heavy atom. The predicted octanol–water partition coefficient (Wildman–Crippen LogP) is 2.59. The zero-order valence-corrected chi connectivity index (χ0v) is 11.3. The molecule has 1 aromatic heterocycles. The van der Waals surface area contributed by atoms with Gasteiger partial charge in [0.05, 0.1) is 12.3 Å². The SMILES string of the molecule is CC(NC1CCOc2ccccc21)c1ccnn1C. The van der Waals surface area contributed by atoms with Crippen molar-refractivity contribution in [2.24, 2.45) is 7.05 Å². The maximum Gasteiger partial charge on any atom is 0.124 e. The molecule has 4 heteroatoms. The molecule has 3 rings (SSSR count). The van der Waals surface area contributed by atoms with Crippen LogP contribution in [-0.4, -0.2) is 16.4 Å². The van der Waals surface area contributed by atoms with Gasteiger partial charge in [-0.25, -0.2) is 0 Å². The van der Waals surface area contributed by atoms with Gasteiger partial charge in [0.15, 0.2) is 0 Å². The van der Waals surface area contributed by atoms with Crippen LogP contribution in [0.25, 0.3) is 0 Å². The van der Waals surface area contributed by atoms with Crippen LogP contribution in [0.2, 0.25) is 0 Å². The number of para-hydroxylation sites is 1. The van der Waals surface area contributed by atoms with E-state index >= 15 is 0 Å². The number of ether oxygens (including phenoxy) is 1. The molecule has 0 spiro atoms. The Bertz CT molecular complexity index is 564. The van der Waals surface area contributed by atoms with Crippen molar-refractivity contribution in [3.8, 4) is 5.75 Å². The van der Waals surface area contributed by atoms with Gasteiger partial charge in [0.2, 0.25) is 0 Å². The summed E-state index contributed by atoms with van der Waals surface area (Å²) in [6.07, 6.45) is 2.84. The van der Waals surface area contributed by atoms with Gasteiger partial charge in [0.1, 0.15) is 5.75 Å². The minimum absolute atomic E-state index is 0.267. The minimum Gasteiger partial charge on any atom is -0.493 e. The lowest BCUT2D eigenvalue weighted by Crippen LogP contribution is -2.30. The highest BCUT2D eigenvalue weighted by atomic mass is 16.5. The first kappa shape index (κ1) is 12.2. The van der Waals surface area contributed by atoms with E-state index in [2.05, 4.69) is 35.5 Å². The lowest BCUT2D eigenvalue weighted by atomic mass is 9.99. The van der Waals surface area contributed by atoms with Gasteiger partial charge in [-0.05, 0) is 19.1 Å². The Balaban J connectivity index is 1.80. The second-order valence-corrected chi connectivity index (χ2v) is 5.00. The summed E-state index contributed by atoms with van der Waals surface area (Å²) in [5.41, 5.74) is 2.45. The Morgan fingerprint density at radius 1 is 1.37 bits per heavy atom. The Morgan fingerprint density at radius 2 is 2.21 bits per heavy atom. The molecule has 4 nitrogen and oxygen atoms in total. The van der Waals surface area contributed by atoms with Gasteiger partial charge < -0.3 is 10.1 Å². The second-order valence-electron chi connectivity index (χ2n) is 5.00. The highest BCUT2D eigenvalue weighted by Gasteiger charge is 2.23. The summed E-state index contributed by atoms with van der Waals surface area (Å²) in [5, 5.41) is 7.90. The molecule has 0 bridgehead atoms. The van der Waals surface area contributed by atoms with Gasteiger partial charge >= 0.3 is 0 Å². The quantitative estimate of drug-likeness (QED) is 0.918. The fourth-order valence-electron chi connectivity index (χ4n) is 2.71. The Hall–Kier alpha value is -1.81. The smallest absolute Gasteiger partial charge is 0.124 e. The van der Waals surface area contributed by atoms with Crippen LogP contribution in [0.4, 0.5) is 0 Å². The van der Waals surface area contributed by atoms with Gasteiger partial charge in [-0.2, -0.15) is 5.10 Å². The number of hydrogen-bond donors (Lipinski definition) is 1. The highest BCUT2D eigenvalue weighted by Crippen LogP contribution is 2.33. The van der Waals surface area contributed by atoms with Gasteiger partial charge in [-0.3, -0.25) is 4.68 Å². The largest absolute Gasteiger partial charge is 0.493 e. The van der Waals surface area contributed by atoms with E-state index in [1.54, 1.807) is 0 Å². The summed E-state index contributed by atoms with van der Waals surface area (Å²) >= 11 is 0. The molecule has 2 atom stereocenters. The summed E-state index contributed by atoms with van der Waals surface area (Å²) in [5.74, 6) is 1.00. The molecule has 1 aromatic carbocycles. The van der Waals surface area contributed by atoms with E-state index < -0.39 is 0 Å². The average Bonchev–Trinajstić information content (AvgIpc) is 2.85. The average molecular weight is 257 g/mol. The standard InChI is InChI=1S/C15H19N3O/c1-11(14-7-9-16-18(14)2)17-13-8-10-19-15-6-4-3-5-12(13)15/h3-7,9,11,13,17H,8,10H2,1-2H3. The van der Waals surface area contributed by atoms with Crippen molar-refractivity contribution in [2.75, 3.05) is 6.61 Å². The molecule has 19 heavy (non-hydrogen) atoms. The maximum absolute atomic E-state index is 5.69. The van der Waals surface area contributed by atoms with Crippen molar-refractivity contribution in [3.63, 3.8) is 0 Å². The van der Waals surface area contributed by atoms with E-state index in [1.165, 1.54) is 11.3 Å². The molecule has 2 aromatic rings. The van der Waals surface area contributed by atoms with Gasteiger partial charge in [-0.15, -0.1) is 0 Å². The number of hydrogen-bond acceptors (Lipinski definition) is 3. The summed E-state index contributed by atoms with van der Waals surface area (Å²) < 4.78 is 7.61. The summed E-state index contributed by atoms with van der Waals surface area (Å²) in [6, 6.07) is 10.9. The molecule has 2 unspecified atom stereocenters. The fraction of sp³-hybridized carbons (Fsp3) is 0.400. The molecule has 1 aliphatic rings. The maximum atomic E-state index is 5.69. The number of nitrogens with zero attached hydrogens (tertiary/aromatic N) is 2. The molecular weight excluding hydrogens is 238 g/mol. The molecular formula is C15H19N3O. The van der Waals surface area contributed by atoms with E-state index in [9.17, 15) is 0 Å². The molecule has 1 N–H and O–H groups in total. The number of nitrogens with one attached hydrogen (secondary N) is 1. The highest BCUT2D eigenvalue weighted by molar-refractivity contribution is 5.37. The molecule has 0 saturated heterocycles. The first-order chi connectivity index (χ1) is 9.25. The van der Waals surface area contributed by atoms with Crippen molar-refractivity contribution >= 4 is 0 Å². The predicted molar refractivity (Wildman–Crippen MR) is 74.1 cm³/mol. The van der Waals surface area contributed by atoms with E-state index in [1.807, 2.05) is 30.1 Å². The van der Waals surface area contributed by atoms with E-state index in [4.69, 9.17) is 4.74 Å². The lowest BCUT2D eigenvalue weighted by molar-refractivity contribution is 0.245. The molecule has 100 valence electrons. The van der Waals surface area contributed by atoms with Crippen LogP contribution in [-0.2, 0) is 7.05 Å². The second kappa shape index (κ2) is 5.05. The first-order valence-corrected chi connectivity index (χ1v) is 6.71. The lowest BCUT2D eigenvalue weighted by Gasteiger charge is -2.29. The molecule has 0 aliphatic carbocycles. The van der Waals surface area contributed by atoms with Crippen LogP contribution in [0, 0.1) is 0 Å². The third-order valence-corrected chi connectivity index (χ3v) is 3.71. The van der Waals surface area contributed by atoms with Crippen molar-refractivity contribution in [3.05, 3.63) is 47.8 Å². The van der Waals surface area contributed by atoms with Gasteiger partial charge in [0.25, 0.3) is 0 Å². The number of aryl methyl sites for hydroxylation is 1. The van der Waals surface area contributed by atoms with E-state index in [-0.39, 0.29) is 6.04 Å². The van der Waals surface area contributed by atoms with Crippen LogP contribution in [0.3, 0.4) is 0 Å².